The lowest BCUT2D eigenvalue weighted by atomic mass is 10.0. The van der Waals surface area contributed by atoms with Crippen molar-refractivity contribution in [2.75, 3.05) is 30.3 Å². The summed E-state index contributed by atoms with van der Waals surface area (Å²) < 4.78 is 14.6. The van der Waals surface area contributed by atoms with Gasteiger partial charge in [-0.1, -0.05) is 17.7 Å². The van der Waals surface area contributed by atoms with Crippen LogP contribution in [0.3, 0.4) is 0 Å². The smallest absolute Gasteiger partial charge is 0.251 e. The molecule has 3 rings (SSSR count). The second-order valence-corrected chi connectivity index (χ2v) is 8.17. The lowest BCUT2D eigenvalue weighted by molar-refractivity contribution is -0.115. The van der Waals surface area contributed by atoms with Crippen LogP contribution in [-0.4, -0.2) is 42.3 Å². The van der Waals surface area contributed by atoms with E-state index in [4.69, 9.17) is 11.6 Å². The summed E-state index contributed by atoms with van der Waals surface area (Å²) in [7, 11) is 0. The number of benzene rings is 2. The first-order valence-electron chi connectivity index (χ1n) is 10.4. The summed E-state index contributed by atoms with van der Waals surface area (Å²) in [5, 5.41) is 8.41. The topological polar surface area (TPSA) is 90.5 Å². The number of nitrogens with one attached hydrogen (secondary N) is 3. The van der Waals surface area contributed by atoms with Gasteiger partial charge in [0, 0.05) is 47.9 Å². The highest BCUT2D eigenvalue weighted by molar-refractivity contribution is 6.31. The Morgan fingerprint density at radius 2 is 1.62 bits per heavy atom. The first-order chi connectivity index (χ1) is 15.2. The number of likely N-dealkylation sites (tertiary alicyclic amines) is 1. The molecule has 1 fully saturated rings. The number of nitrogens with zero attached hydrogens (tertiary/aromatic N) is 1. The number of hydrogen-bond acceptors (Lipinski definition) is 4. The zero-order valence-corrected chi connectivity index (χ0v) is 18.8. The number of anilines is 2. The van der Waals surface area contributed by atoms with E-state index in [1.54, 1.807) is 18.2 Å². The fourth-order valence-corrected chi connectivity index (χ4v) is 4.19. The standard InChI is InChI=1S/C23H26ClFN4O3/c1-14(30)27-17-10-16(11-18(12-17)28-15(2)31)23(32)26-13-21(29-8-3-4-9-29)22-19(24)6-5-7-20(22)25/h5-7,10-12,21H,3-4,8-9,13H2,1-2H3,(H,26,32)(H,27,30)(H,28,31)/t21-/m0/s1. The maximum atomic E-state index is 14.6. The van der Waals surface area contributed by atoms with Gasteiger partial charge in [0.25, 0.3) is 5.91 Å². The van der Waals surface area contributed by atoms with Gasteiger partial charge in [-0.3, -0.25) is 19.3 Å². The molecule has 170 valence electrons. The van der Waals surface area contributed by atoms with E-state index >= 15 is 0 Å². The summed E-state index contributed by atoms with van der Waals surface area (Å²) in [5.41, 5.74) is 1.37. The molecule has 0 unspecified atom stereocenters. The van der Waals surface area contributed by atoms with Gasteiger partial charge in [0.2, 0.25) is 11.8 Å². The van der Waals surface area contributed by atoms with Gasteiger partial charge in [0.1, 0.15) is 5.82 Å². The molecular formula is C23H26ClFN4O3. The van der Waals surface area contributed by atoms with Crippen molar-refractivity contribution in [3.05, 3.63) is 58.4 Å². The quantitative estimate of drug-likeness (QED) is 0.583. The molecule has 3 amide bonds. The average Bonchev–Trinajstić information content (AvgIpc) is 3.23. The Morgan fingerprint density at radius 1 is 1.03 bits per heavy atom. The van der Waals surface area contributed by atoms with Crippen LogP contribution in [0.5, 0.6) is 0 Å². The SMILES string of the molecule is CC(=O)Nc1cc(NC(C)=O)cc(C(=O)NC[C@@H](c2c(F)cccc2Cl)N2CCCC2)c1. The van der Waals surface area contributed by atoms with Crippen LogP contribution in [0.1, 0.15) is 48.7 Å². The third kappa shape index (κ3) is 6.05. The average molecular weight is 461 g/mol. The zero-order chi connectivity index (χ0) is 23.3. The number of amides is 3. The Balaban J connectivity index is 1.84. The van der Waals surface area contributed by atoms with Crippen LogP contribution < -0.4 is 16.0 Å². The van der Waals surface area contributed by atoms with Gasteiger partial charge < -0.3 is 16.0 Å². The molecule has 2 aromatic carbocycles. The van der Waals surface area contributed by atoms with Crippen LogP contribution in [0.2, 0.25) is 5.02 Å². The van der Waals surface area contributed by atoms with Crippen molar-refractivity contribution in [3.8, 4) is 0 Å². The van der Waals surface area contributed by atoms with Crippen LogP contribution in [-0.2, 0) is 9.59 Å². The second-order valence-electron chi connectivity index (χ2n) is 7.77. The second kappa shape index (κ2) is 10.6. The normalized spacial score (nSPS) is 14.6. The Bertz CT molecular complexity index is 970. The van der Waals surface area contributed by atoms with Gasteiger partial charge in [0.15, 0.2) is 0 Å². The fourth-order valence-electron chi connectivity index (χ4n) is 3.90. The Labute approximate surface area is 191 Å². The number of halogens is 2. The van der Waals surface area contributed by atoms with Gasteiger partial charge in [0.05, 0.1) is 6.04 Å². The molecule has 0 spiro atoms. The molecule has 1 atom stereocenters. The summed E-state index contributed by atoms with van der Waals surface area (Å²) >= 11 is 6.31. The van der Waals surface area contributed by atoms with Crippen molar-refractivity contribution in [3.63, 3.8) is 0 Å². The van der Waals surface area contributed by atoms with Gasteiger partial charge in [-0.15, -0.1) is 0 Å². The van der Waals surface area contributed by atoms with Crippen LogP contribution in [0.4, 0.5) is 15.8 Å². The van der Waals surface area contributed by atoms with Crippen molar-refractivity contribution >= 4 is 40.7 Å². The van der Waals surface area contributed by atoms with E-state index in [0.29, 0.717) is 22.0 Å². The summed E-state index contributed by atoms with van der Waals surface area (Å²) in [4.78, 5) is 38.0. The highest BCUT2D eigenvalue weighted by Crippen LogP contribution is 2.32. The lowest BCUT2D eigenvalue weighted by Gasteiger charge is -2.29. The van der Waals surface area contributed by atoms with Gasteiger partial charge in [-0.25, -0.2) is 4.39 Å². The summed E-state index contributed by atoms with van der Waals surface area (Å²) in [6, 6.07) is 8.74. The van der Waals surface area contributed by atoms with Crippen LogP contribution >= 0.6 is 11.6 Å². The van der Waals surface area contributed by atoms with Crippen molar-refractivity contribution in [1.82, 2.24) is 10.2 Å². The molecule has 1 heterocycles. The molecule has 0 saturated carbocycles. The predicted molar refractivity (Wildman–Crippen MR) is 122 cm³/mol. The third-order valence-corrected chi connectivity index (χ3v) is 5.54. The van der Waals surface area contributed by atoms with Crippen molar-refractivity contribution in [2.45, 2.75) is 32.7 Å². The van der Waals surface area contributed by atoms with Gasteiger partial charge in [-0.2, -0.15) is 0 Å². The molecule has 3 N–H and O–H groups in total. The highest BCUT2D eigenvalue weighted by Gasteiger charge is 2.28. The molecule has 0 radical (unpaired) electrons. The fraction of sp³-hybridized carbons (Fsp3) is 0.348. The van der Waals surface area contributed by atoms with Gasteiger partial charge in [-0.05, 0) is 56.3 Å². The minimum Gasteiger partial charge on any atom is -0.350 e. The largest absolute Gasteiger partial charge is 0.350 e. The number of rotatable bonds is 7. The van der Waals surface area contributed by atoms with Crippen molar-refractivity contribution < 1.29 is 18.8 Å². The van der Waals surface area contributed by atoms with E-state index in [0.717, 1.165) is 25.9 Å². The minimum atomic E-state index is -0.416. The highest BCUT2D eigenvalue weighted by atomic mass is 35.5. The van der Waals surface area contributed by atoms with E-state index < -0.39 is 17.8 Å². The molecule has 1 aliphatic heterocycles. The monoisotopic (exact) mass is 460 g/mol. The molecule has 0 aliphatic carbocycles. The third-order valence-electron chi connectivity index (χ3n) is 5.21. The van der Waals surface area contributed by atoms with E-state index in [-0.39, 0.29) is 23.9 Å². The van der Waals surface area contributed by atoms with Crippen LogP contribution in [0, 0.1) is 5.82 Å². The summed E-state index contributed by atoms with van der Waals surface area (Å²) in [6.07, 6.45) is 1.99. The van der Waals surface area contributed by atoms with E-state index in [9.17, 15) is 18.8 Å². The summed E-state index contributed by atoms with van der Waals surface area (Å²) in [6.45, 7) is 4.43. The Morgan fingerprint density at radius 3 is 2.16 bits per heavy atom. The summed E-state index contributed by atoms with van der Waals surface area (Å²) in [5.74, 6) is -1.44. The first kappa shape index (κ1) is 23.7. The molecule has 7 nitrogen and oxygen atoms in total. The molecule has 2 aromatic rings. The van der Waals surface area contributed by atoms with Crippen LogP contribution in [0.15, 0.2) is 36.4 Å². The number of carbonyl (C=O) groups excluding carboxylic acids is 3. The molecule has 1 aliphatic rings. The van der Waals surface area contributed by atoms with Crippen molar-refractivity contribution in [1.29, 1.82) is 0 Å². The van der Waals surface area contributed by atoms with E-state index in [1.165, 1.54) is 32.0 Å². The molecule has 0 bridgehead atoms. The van der Waals surface area contributed by atoms with E-state index in [1.807, 2.05) is 0 Å². The first-order valence-corrected chi connectivity index (χ1v) is 10.8. The lowest BCUT2D eigenvalue weighted by Crippen LogP contribution is -2.37. The molecule has 9 heteroatoms. The molecule has 32 heavy (non-hydrogen) atoms. The molecular weight excluding hydrogens is 435 g/mol. The number of hydrogen-bond donors (Lipinski definition) is 3. The Kier molecular flexibility index (Phi) is 7.82. The minimum absolute atomic E-state index is 0.152. The Hall–Kier alpha value is -2.97. The predicted octanol–water partition coefficient (Wildman–Crippen LogP) is 3.96. The number of carbonyl (C=O) groups is 3. The maximum absolute atomic E-state index is 14.6. The van der Waals surface area contributed by atoms with Crippen LogP contribution in [0.25, 0.3) is 0 Å². The van der Waals surface area contributed by atoms with Gasteiger partial charge >= 0.3 is 0 Å². The van der Waals surface area contributed by atoms with E-state index in [2.05, 4.69) is 20.9 Å². The zero-order valence-electron chi connectivity index (χ0n) is 18.0. The molecule has 0 aromatic heterocycles. The van der Waals surface area contributed by atoms with Crippen molar-refractivity contribution in [2.24, 2.45) is 0 Å². The maximum Gasteiger partial charge on any atom is 0.251 e. The molecule has 1 saturated heterocycles.